The zero-order chi connectivity index (χ0) is 43.0. The van der Waals surface area contributed by atoms with E-state index in [0.29, 0.717) is 40.9 Å². The predicted octanol–water partition coefficient (Wildman–Crippen LogP) is 8.46. The Morgan fingerprint density at radius 3 is 2.30 bits per heavy atom. The maximum atomic E-state index is 12.8. The van der Waals surface area contributed by atoms with Crippen molar-refractivity contribution in [2.24, 2.45) is 30.0 Å². The minimum Gasteiger partial charge on any atom is -0.492 e. The lowest BCUT2D eigenvalue weighted by atomic mass is 9.84. The number of hydrogen-bond acceptors (Lipinski definition) is 12. The Morgan fingerprint density at radius 1 is 0.852 bits per heavy atom. The number of anilines is 4. The van der Waals surface area contributed by atoms with E-state index in [1.54, 1.807) is 24.4 Å². The summed E-state index contributed by atoms with van der Waals surface area (Å²) in [5.74, 6) is 4.43. The SMILES string of the molecule is Cc1cnc(Nc2ccc(OCCN3CCCC3)cc2)nc1Nc1cccc(S(=O)(=O)CC(C)(C)C)c1.Cn1ncc(-c2ccnc(CC3CCC(N)CC3)n2)c1CC1CC1. The summed E-state index contributed by atoms with van der Waals surface area (Å²) in [4.78, 5) is 21.1. The molecule has 0 bridgehead atoms. The molecule has 3 fully saturated rings. The fourth-order valence-corrected chi connectivity index (χ4v) is 9.96. The fraction of sp³-hybridized carbons (Fsp3) is 0.511. The highest BCUT2D eigenvalue weighted by molar-refractivity contribution is 7.91. The first kappa shape index (κ1) is 44.1. The monoisotopic (exact) mass is 848 g/mol. The fourth-order valence-electron chi connectivity index (χ4n) is 8.06. The average Bonchev–Trinajstić information content (AvgIpc) is 3.76. The molecule has 2 aliphatic carbocycles. The molecule has 0 radical (unpaired) electrons. The summed E-state index contributed by atoms with van der Waals surface area (Å²) in [6.45, 7) is 11.6. The van der Waals surface area contributed by atoms with Crippen LogP contribution in [0.5, 0.6) is 5.75 Å². The van der Waals surface area contributed by atoms with Crippen LogP contribution in [-0.2, 0) is 29.7 Å². The second-order valence-electron chi connectivity index (χ2n) is 18.4. The molecule has 5 aromatic rings. The van der Waals surface area contributed by atoms with Crippen LogP contribution >= 0.6 is 0 Å². The Bertz CT molecular complexity index is 2310. The number of hydrogen-bond donors (Lipinski definition) is 3. The van der Waals surface area contributed by atoms with Crippen LogP contribution < -0.4 is 21.1 Å². The molecular formula is C47H64N10O3S. The number of likely N-dealkylation sites (tertiary alicyclic amines) is 1. The first-order valence-corrected chi connectivity index (χ1v) is 23.7. The molecule has 2 aromatic carbocycles. The van der Waals surface area contributed by atoms with Gasteiger partial charge in [0.25, 0.3) is 0 Å². The number of nitrogens with zero attached hydrogens (tertiary/aromatic N) is 7. The summed E-state index contributed by atoms with van der Waals surface area (Å²) in [5.41, 5.74) is 11.5. The van der Waals surface area contributed by atoms with Crippen molar-refractivity contribution in [3.8, 4) is 17.0 Å². The van der Waals surface area contributed by atoms with Crippen LogP contribution in [0.25, 0.3) is 11.3 Å². The second-order valence-corrected chi connectivity index (χ2v) is 20.4. The maximum Gasteiger partial charge on any atom is 0.229 e. The van der Waals surface area contributed by atoms with Crippen LogP contribution in [0.3, 0.4) is 0 Å². The van der Waals surface area contributed by atoms with E-state index < -0.39 is 9.84 Å². The van der Waals surface area contributed by atoms with Crippen molar-refractivity contribution >= 4 is 33.0 Å². The van der Waals surface area contributed by atoms with Gasteiger partial charge < -0.3 is 21.1 Å². The van der Waals surface area contributed by atoms with Gasteiger partial charge in [0.1, 0.15) is 24.0 Å². The molecule has 1 aliphatic heterocycles. The normalized spacial score (nSPS) is 18.3. The molecule has 4 heterocycles. The highest BCUT2D eigenvalue weighted by Crippen LogP contribution is 2.35. The molecule has 326 valence electrons. The molecule has 2 saturated carbocycles. The molecule has 3 aliphatic rings. The van der Waals surface area contributed by atoms with Crippen molar-refractivity contribution in [2.45, 2.75) is 103 Å². The third kappa shape index (κ3) is 13.0. The molecule has 14 heteroatoms. The van der Waals surface area contributed by atoms with Crippen LogP contribution in [-0.4, -0.2) is 81.1 Å². The summed E-state index contributed by atoms with van der Waals surface area (Å²) >= 11 is 0. The Labute approximate surface area is 362 Å². The first-order valence-electron chi connectivity index (χ1n) is 22.0. The number of nitrogens with one attached hydrogen (secondary N) is 2. The van der Waals surface area contributed by atoms with Crippen LogP contribution in [0.2, 0.25) is 0 Å². The van der Waals surface area contributed by atoms with Gasteiger partial charge in [0.05, 0.1) is 22.5 Å². The van der Waals surface area contributed by atoms with Gasteiger partial charge >= 0.3 is 0 Å². The molecule has 0 unspecified atom stereocenters. The molecule has 3 aromatic heterocycles. The minimum atomic E-state index is -3.40. The zero-order valence-corrected chi connectivity index (χ0v) is 37.4. The van der Waals surface area contributed by atoms with E-state index in [1.165, 1.54) is 62.9 Å². The van der Waals surface area contributed by atoms with E-state index in [9.17, 15) is 8.42 Å². The summed E-state index contributed by atoms with van der Waals surface area (Å²) in [7, 11) is -1.37. The quantitative estimate of drug-likeness (QED) is 0.0922. The number of nitrogens with two attached hydrogens (primary N) is 1. The zero-order valence-electron chi connectivity index (χ0n) is 36.6. The third-order valence-electron chi connectivity index (χ3n) is 11.6. The number of ether oxygens (including phenoxy) is 1. The lowest BCUT2D eigenvalue weighted by molar-refractivity contribution is 0.238. The van der Waals surface area contributed by atoms with E-state index in [4.69, 9.17) is 15.5 Å². The predicted molar refractivity (Wildman–Crippen MR) is 243 cm³/mol. The van der Waals surface area contributed by atoms with Crippen LogP contribution in [0, 0.1) is 24.2 Å². The summed E-state index contributed by atoms with van der Waals surface area (Å²) in [6, 6.07) is 17.0. The van der Waals surface area contributed by atoms with E-state index in [0.717, 1.165) is 66.7 Å². The van der Waals surface area contributed by atoms with Crippen molar-refractivity contribution in [3.63, 3.8) is 0 Å². The van der Waals surface area contributed by atoms with Gasteiger partial charge in [-0.25, -0.2) is 23.4 Å². The van der Waals surface area contributed by atoms with Gasteiger partial charge in [0, 0.05) is 66.6 Å². The van der Waals surface area contributed by atoms with Crippen molar-refractivity contribution < 1.29 is 13.2 Å². The first-order chi connectivity index (χ1) is 29.3. The smallest absolute Gasteiger partial charge is 0.229 e. The van der Waals surface area contributed by atoms with Crippen LogP contribution in [0.4, 0.5) is 23.1 Å². The van der Waals surface area contributed by atoms with Crippen molar-refractivity contribution in [1.82, 2.24) is 34.6 Å². The number of rotatable bonds is 15. The van der Waals surface area contributed by atoms with Crippen LogP contribution in [0.15, 0.2) is 78.1 Å². The maximum absolute atomic E-state index is 12.8. The lowest BCUT2D eigenvalue weighted by Crippen LogP contribution is -2.27. The molecular weight excluding hydrogens is 785 g/mol. The largest absolute Gasteiger partial charge is 0.492 e. The standard InChI is InChI=1S/C28H37N5O3S.C19H27N5/c1-21-19-29-27(31-22-10-12-24(13-11-22)36-17-16-33-14-5-6-15-33)32-26(21)30-23-8-7-9-25(18-23)37(34,35)20-28(2,3)4;1-24-18(10-13-2-3-13)16(12-22-24)17-8-9-21-19(23-17)11-14-4-6-15(20)7-5-14/h7-13,18-19H,5-6,14-17,20H2,1-4H3,(H2,29,30,31,32);8-9,12-15H,2-7,10-11,20H2,1H3. The molecule has 0 spiro atoms. The van der Waals surface area contributed by atoms with Gasteiger partial charge in [0.15, 0.2) is 9.84 Å². The Kier molecular flexibility index (Phi) is 14.4. The summed E-state index contributed by atoms with van der Waals surface area (Å²) in [6.07, 6.45) is 17.6. The molecule has 8 rings (SSSR count). The number of benzene rings is 2. The van der Waals surface area contributed by atoms with E-state index >= 15 is 0 Å². The highest BCUT2D eigenvalue weighted by atomic mass is 32.2. The van der Waals surface area contributed by atoms with Crippen molar-refractivity contribution in [3.05, 3.63) is 90.3 Å². The summed E-state index contributed by atoms with van der Waals surface area (Å²) < 4.78 is 33.6. The molecule has 0 amide bonds. The van der Waals surface area contributed by atoms with Crippen molar-refractivity contribution in [1.29, 1.82) is 0 Å². The van der Waals surface area contributed by atoms with Gasteiger partial charge in [-0.05, 0) is 144 Å². The molecule has 61 heavy (non-hydrogen) atoms. The molecule has 4 N–H and O–H groups in total. The van der Waals surface area contributed by atoms with E-state index in [1.807, 2.05) is 88.2 Å². The number of sulfone groups is 1. The lowest BCUT2D eigenvalue weighted by Gasteiger charge is -2.25. The van der Waals surface area contributed by atoms with Gasteiger partial charge in [-0.3, -0.25) is 9.58 Å². The van der Waals surface area contributed by atoms with E-state index in [-0.39, 0.29) is 11.2 Å². The Balaban J connectivity index is 0.000000201. The summed E-state index contributed by atoms with van der Waals surface area (Å²) in [5, 5.41) is 10.9. The molecule has 13 nitrogen and oxygen atoms in total. The van der Waals surface area contributed by atoms with E-state index in [2.05, 4.69) is 35.6 Å². The average molecular weight is 849 g/mol. The van der Waals surface area contributed by atoms with Gasteiger partial charge in [0.2, 0.25) is 5.95 Å². The highest BCUT2D eigenvalue weighted by Gasteiger charge is 2.26. The molecule has 1 saturated heterocycles. The molecule has 0 atom stereocenters. The second kappa shape index (κ2) is 19.9. The van der Waals surface area contributed by atoms with Crippen LogP contribution in [0.1, 0.15) is 89.2 Å². The minimum absolute atomic E-state index is 0.0757. The Morgan fingerprint density at radius 2 is 1.57 bits per heavy atom. The van der Waals surface area contributed by atoms with Gasteiger partial charge in [-0.1, -0.05) is 26.8 Å². The van der Waals surface area contributed by atoms with Gasteiger partial charge in [-0.2, -0.15) is 10.1 Å². The van der Waals surface area contributed by atoms with Gasteiger partial charge in [-0.15, -0.1) is 0 Å². The third-order valence-corrected chi connectivity index (χ3v) is 13.8. The Hall–Kier alpha value is -4.92. The topological polar surface area (TPSA) is 166 Å². The number of aromatic nitrogens is 6. The number of aryl methyl sites for hydroxylation is 2. The van der Waals surface area contributed by atoms with Crippen molar-refractivity contribution in [2.75, 3.05) is 42.6 Å².